The van der Waals surface area contributed by atoms with Gasteiger partial charge in [-0.25, -0.2) is 9.78 Å². The standard InChI is InChI=1S/C11H11ClF3NO4/c1-3-19-10(17)7-4-6(5-12)8(18-2)9(16-7)20-11(13,14)15/h4H,3,5H2,1-2H3. The van der Waals surface area contributed by atoms with Crippen LogP contribution < -0.4 is 9.47 Å². The summed E-state index contributed by atoms with van der Waals surface area (Å²) in [7, 11) is 1.14. The van der Waals surface area contributed by atoms with E-state index in [0.717, 1.165) is 7.11 Å². The van der Waals surface area contributed by atoms with Gasteiger partial charge < -0.3 is 14.2 Å². The van der Waals surface area contributed by atoms with E-state index in [4.69, 9.17) is 16.3 Å². The molecule has 1 rings (SSSR count). The molecular formula is C11H11ClF3NO4. The number of pyridine rings is 1. The molecule has 0 bridgehead atoms. The number of alkyl halides is 4. The van der Waals surface area contributed by atoms with Crippen molar-refractivity contribution in [2.24, 2.45) is 0 Å². The van der Waals surface area contributed by atoms with Crippen LogP contribution >= 0.6 is 11.6 Å². The van der Waals surface area contributed by atoms with Gasteiger partial charge in [-0.05, 0) is 13.0 Å². The average Bonchev–Trinajstić information content (AvgIpc) is 2.36. The van der Waals surface area contributed by atoms with E-state index >= 15 is 0 Å². The van der Waals surface area contributed by atoms with Crippen molar-refractivity contribution in [2.45, 2.75) is 19.2 Å². The van der Waals surface area contributed by atoms with Gasteiger partial charge in [0.1, 0.15) is 0 Å². The van der Waals surface area contributed by atoms with E-state index < -0.39 is 18.2 Å². The Hall–Kier alpha value is -1.70. The highest BCUT2D eigenvalue weighted by atomic mass is 35.5. The quantitative estimate of drug-likeness (QED) is 0.618. The maximum atomic E-state index is 12.3. The van der Waals surface area contributed by atoms with Crippen molar-refractivity contribution in [2.75, 3.05) is 13.7 Å². The summed E-state index contributed by atoms with van der Waals surface area (Å²) in [5.74, 6) is -2.24. The Morgan fingerprint density at radius 3 is 2.55 bits per heavy atom. The van der Waals surface area contributed by atoms with Gasteiger partial charge in [0.05, 0.1) is 19.6 Å². The van der Waals surface area contributed by atoms with E-state index in [1.54, 1.807) is 6.92 Å². The maximum Gasteiger partial charge on any atom is 0.574 e. The van der Waals surface area contributed by atoms with Gasteiger partial charge in [0.2, 0.25) is 0 Å². The topological polar surface area (TPSA) is 57.7 Å². The third kappa shape index (κ3) is 4.16. The minimum absolute atomic E-state index is 0.0538. The summed E-state index contributed by atoms with van der Waals surface area (Å²) < 4.78 is 50.1. The number of aromatic nitrogens is 1. The zero-order valence-electron chi connectivity index (χ0n) is 10.6. The molecule has 0 N–H and O–H groups in total. The lowest BCUT2D eigenvalue weighted by Crippen LogP contribution is -2.20. The molecule has 5 nitrogen and oxygen atoms in total. The fraction of sp³-hybridized carbons (Fsp3) is 0.455. The van der Waals surface area contributed by atoms with Gasteiger partial charge in [-0.1, -0.05) is 0 Å². The van der Waals surface area contributed by atoms with Crippen molar-refractivity contribution in [1.29, 1.82) is 0 Å². The van der Waals surface area contributed by atoms with E-state index in [2.05, 4.69) is 14.5 Å². The first-order valence-corrected chi connectivity index (χ1v) is 5.92. The SMILES string of the molecule is CCOC(=O)c1cc(CCl)c(OC)c(OC(F)(F)F)n1. The number of nitrogens with zero attached hydrogens (tertiary/aromatic N) is 1. The molecule has 0 saturated carbocycles. The molecule has 0 amide bonds. The molecule has 0 fully saturated rings. The molecule has 0 aliphatic rings. The minimum atomic E-state index is -4.98. The second-order valence-corrected chi connectivity index (χ2v) is 3.67. The van der Waals surface area contributed by atoms with E-state index in [9.17, 15) is 18.0 Å². The molecule has 112 valence electrons. The van der Waals surface area contributed by atoms with Crippen LogP contribution in [0.3, 0.4) is 0 Å². The molecule has 0 unspecified atom stereocenters. The fourth-order valence-corrected chi connectivity index (χ4v) is 1.56. The molecule has 0 radical (unpaired) electrons. The van der Waals surface area contributed by atoms with E-state index in [1.807, 2.05) is 0 Å². The fourth-order valence-electron chi connectivity index (χ4n) is 1.37. The highest BCUT2D eigenvalue weighted by Crippen LogP contribution is 2.34. The van der Waals surface area contributed by atoms with Crippen molar-refractivity contribution in [3.63, 3.8) is 0 Å². The van der Waals surface area contributed by atoms with Gasteiger partial charge in [0.15, 0.2) is 11.4 Å². The first kappa shape index (κ1) is 16.4. The Balaban J connectivity index is 3.30. The number of carbonyl (C=O) groups excluding carboxylic acids is 1. The summed E-state index contributed by atoms with van der Waals surface area (Å²) >= 11 is 5.61. The van der Waals surface area contributed by atoms with Crippen LogP contribution in [0.15, 0.2) is 6.07 Å². The monoisotopic (exact) mass is 313 g/mol. The molecule has 1 heterocycles. The normalized spacial score (nSPS) is 11.1. The zero-order valence-corrected chi connectivity index (χ0v) is 11.3. The highest BCUT2D eigenvalue weighted by molar-refractivity contribution is 6.17. The summed E-state index contributed by atoms with van der Waals surface area (Å²) in [6, 6.07) is 1.19. The summed E-state index contributed by atoms with van der Waals surface area (Å²) in [5.41, 5.74) is -0.214. The molecule has 9 heteroatoms. The molecule has 0 aliphatic heterocycles. The molecule has 20 heavy (non-hydrogen) atoms. The largest absolute Gasteiger partial charge is 0.574 e. The number of hydrogen-bond donors (Lipinski definition) is 0. The summed E-state index contributed by atoms with van der Waals surface area (Å²) in [5, 5.41) is 0. The molecule has 0 saturated heterocycles. The molecule has 0 atom stereocenters. The predicted molar refractivity (Wildman–Crippen MR) is 63.0 cm³/mol. The summed E-state index contributed by atoms with van der Waals surface area (Å²) in [6.07, 6.45) is -4.98. The van der Waals surface area contributed by atoms with Crippen LogP contribution in [0.25, 0.3) is 0 Å². The third-order valence-electron chi connectivity index (χ3n) is 2.06. The van der Waals surface area contributed by atoms with Crippen LogP contribution in [-0.4, -0.2) is 31.0 Å². The number of ether oxygens (including phenoxy) is 3. The summed E-state index contributed by atoms with van der Waals surface area (Å²) in [6.45, 7) is 1.61. The molecule has 1 aromatic heterocycles. The van der Waals surface area contributed by atoms with Gasteiger partial charge in [-0.3, -0.25) is 0 Å². The van der Waals surface area contributed by atoms with Crippen LogP contribution in [-0.2, 0) is 10.6 Å². The lowest BCUT2D eigenvalue weighted by molar-refractivity contribution is -0.276. The molecule has 1 aromatic rings. The van der Waals surface area contributed by atoms with Crippen LogP contribution in [0.5, 0.6) is 11.6 Å². The minimum Gasteiger partial charge on any atom is -0.491 e. The van der Waals surface area contributed by atoms with Crippen LogP contribution in [0.4, 0.5) is 13.2 Å². The Bertz CT molecular complexity index is 493. The first-order chi connectivity index (χ1) is 9.32. The molecular weight excluding hydrogens is 303 g/mol. The number of halogens is 4. The van der Waals surface area contributed by atoms with Gasteiger partial charge in [0, 0.05) is 5.56 Å². The number of carbonyl (C=O) groups is 1. The predicted octanol–water partition coefficient (Wildman–Crippen LogP) is 2.90. The Morgan fingerprint density at radius 1 is 1.45 bits per heavy atom. The lowest BCUT2D eigenvalue weighted by atomic mass is 10.2. The van der Waals surface area contributed by atoms with Gasteiger partial charge in [0.25, 0.3) is 5.88 Å². The molecule has 0 aromatic carbocycles. The van der Waals surface area contributed by atoms with Crippen LogP contribution in [0.1, 0.15) is 23.0 Å². The zero-order chi connectivity index (χ0) is 15.3. The maximum absolute atomic E-state index is 12.3. The van der Waals surface area contributed by atoms with Crippen LogP contribution in [0.2, 0.25) is 0 Å². The van der Waals surface area contributed by atoms with Crippen molar-refractivity contribution in [1.82, 2.24) is 4.98 Å². The van der Waals surface area contributed by atoms with Crippen LogP contribution in [0, 0.1) is 0 Å². The third-order valence-corrected chi connectivity index (χ3v) is 2.35. The van der Waals surface area contributed by atoms with E-state index in [0.29, 0.717) is 0 Å². The number of esters is 1. The van der Waals surface area contributed by atoms with Crippen molar-refractivity contribution >= 4 is 17.6 Å². The number of rotatable bonds is 5. The number of hydrogen-bond acceptors (Lipinski definition) is 5. The Kier molecular flexibility index (Phi) is 5.43. The van der Waals surface area contributed by atoms with Gasteiger partial charge in [-0.15, -0.1) is 24.8 Å². The summed E-state index contributed by atoms with van der Waals surface area (Å²) in [4.78, 5) is 15.0. The Morgan fingerprint density at radius 2 is 2.10 bits per heavy atom. The Labute approximate surface area is 117 Å². The van der Waals surface area contributed by atoms with Gasteiger partial charge in [-0.2, -0.15) is 0 Å². The second-order valence-electron chi connectivity index (χ2n) is 3.41. The van der Waals surface area contributed by atoms with E-state index in [-0.39, 0.29) is 29.5 Å². The van der Waals surface area contributed by atoms with Gasteiger partial charge >= 0.3 is 12.3 Å². The van der Waals surface area contributed by atoms with E-state index in [1.165, 1.54) is 6.07 Å². The van der Waals surface area contributed by atoms with Crippen molar-refractivity contribution in [3.05, 3.63) is 17.3 Å². The molecule has 0 spiro atoms. The van der Waals surface area contributed by atoms with Crippen molar-refractivity contribution < 1.29 is 32.2 Å². The van der Waals surface area contributed by atoms with Crippen molar-refractivity contribution in [3.8, 4) is 11.6 Å². The lowest BCUT2D eigenvalue weighted by Gasteiger charge is -2.15. The average molecular weight is 314 g/mol. The smallest absolute Gasteiger partial charge is 0.491 e. The first-order valence-electron chi connectivity index (χ1n) is 5.39. The molecule has 0 aliphatic carbocycles. The highest BCUT2D eigenvalue weighted by Gasteiger charge is 2.34. The second kappa shape index (κ2) is 6.65. The number of methoxy groups -OCH3 is 1.